The Bertz CT molecular complexity index is 1460. The quantitative estimate of drug-likeness (QED) is 0.280. The summed E-state index contributed by atoms with van der Waals surface area (Å²) in [6.07, 6.45) is 4.93. The molecule has 2 aromatic heterocycles. The lowest BCUT2D eigenvalue weighted by atomic mass is 9.97. The smallest absolute Gasteiger partial charge is 0.310 e. The highest BCUT2D eigenvalue weighted by molar-refractivity contribution is 6.02. The lowest BCUT2D eigenvalue weighted by Crippen LogP contribution is -2.41. The summed E-state index contributed by atoms with van der Waals surface area (Å²) >= 11 is 0. The summed E-state index contributed by atoms with van der Waals surface area (Å²) in [4.78, 5) is 45.7. The average Bonchev–Trinajstić information content (AvgIpc) is 2.93. The zero-order valence-corrected chi connectivity index (χ0v) is 21.6. The van der Waals surface area contributed by atoms with Gasteiger partial charge in [0, 0.05) is 25.8 Å². The highest BCUT2D eigenvalue weighted by Gasteiger charge is 2.30. The Morgan fingerprint density at radius 2 is 2.03 bits per heavy atom. The summed E-state index contributed by atoms with van der Waals surface area (Å²) in [5, 5.41) is 12.6. The number of anilines is 1. The van der Waals surface area contributed by atoms with E-state index in [4.69, 9.17) is 9.72 Å². The van der Waals surface area contributed by atoms with Gasteiger partial charge in [-0.15, -0.1) is 0 Å². The van der Waals surface area contributed by atoms with Gasteiger partial charge in [-0.05, 0) is 56.4 Å². The minimum atomic E-state index is -0.564. The molecule has 9 heteroatoms. The Morgan fingerprint density at radius 1 is 1.24 bits per heavy atom. The van der Waals surface area contributed by atoms with E-state index in [0.717, 1.165) is 11.1 Å². The number of aryl methyl sites for hydroxylation is 1. The van der Waals surface area contributed by atoms with Crippen LogP contribution in [-0.2, 0) is 20.7 Å². The third-order valence-electron chi connectivity index (χ3n) is 6.60. The summed E-state index contributed by atoms with van der Waals surface area (Å²) in [6, 6.07) is 15.2. The number of carbonyl (C=O) groups excluding carboxylic acids is 2. The number of ether oxygens (including phenoxy) is 1. The molecule has 1 aliphatic rings. The van der Waals surface area contributed by atoms with E-state index in [1.165, 1.54) is 10.5 Å². The number of nitrogens with zero attached hydrogens (tertiary/aromatic N) is 4. The summed E-state index contributed by atoms with van der Waals surface area (Å²) in [7, 11) is 0. The number of carbonyl (C=O) groups is 2. The van der Waals surface area contributed by atoms with E-state index in [1.54, 1.807) is 19.2 Å². The highest BCUT2D eigenvalue weighted by Crippen LogP contribution is 2.26. The molecule has 1 aromatic carbocycles. The van der Waals surface area contributed by atoms with Crippen LogP contribution < -0.4 is 15.8 Å². The Labute approximate surface area is 221 Å². The van der Waals surface area contributed by atoms with Crippen LogP contribution in [0.5, 0.6) is 0 Å². The monoisotopic (exact) mass is 513 g/mol. The fourth-order valence-electron chi connectivity index (χ4n) is 4.64. The van der Waals surface area contributed by atoms with E-state index in [1.807, 2.05) is 54.3 Å². The first kappa shape index (κ1) is 26.6. The molecule has 0 spiro atoms. The molecule has 1 amide bonds. The maximum atomic E-state index is 13.7. The number of amides is 1. The van der Waals surface area contributed by atoms with Gasteiger partial charge >= 0.3 is 5.97 Å². The van der Waals surface area contributed by atoms with Gasteiger partial charge in [-0.2, -0.15) is 5.26 Å². The first-order valence-corrected chi connectivity index (χ1v) is 12.8. The number of rotatable bonds is 8. The van der Waals surface area contributed by atoms with Crippen LogP contribution in [0.3, 0.4) is 0 Å². The van der Waals surface area contributed by atoms with Crippen LogP contribution >= 0.6 is 0 Å². The van der Waals surface area contributed by atoms with Gasteiger partial charge in [-0.3, -0.25) is 18.8 Å². The average molecular weight is 514 g/mol. The van der Waals surface area contributed by atoms with E-state index in [-0.39, 0.29) is 23.0 Å². The molecule has 9 nitrogen and oxygen atoms in total. The molecule has 0 radical (unpaired) electrons. The van der Waals surface area contributed by atoms with Crippen molar-refractivity contribution in [2.45, 2.75) is 33.1 Å². The fraction of sp³-hybridized carbons (Fsp3) is 0.345. The van der Waals surface area contributed by atoms with Gasteiger partial charge < -0.3 is 15.0 Å². The number of esters is 1. The molecule has 0 bridgehead atoms. The number of benzene rings is 1. The first-order valence-electron chi connectivity index (χ1n) is 12.8. The molecule has 4 rings (SSSR count). The first-order chi connectivity index (χ1) is 18.4. The Morgan fingerprint density at radius 3 is 2.76 bits per heavy atom. The molecule has 1 aliphatic heterocycles. The fourth-order valence-corrected chi connectivity index (χ4v) is 4.64. The van der Waals surface area contributed by atoms with Gasteiger partial charge in [0.25, 0.3) is 11.5 Å². The van der Waals surface area contributed by atoms with Crippen molar-refractivity contribution in [3.05, 3.63) is 81.3 Å². The van der Waals surface area contributed by atoms with Crippen LogP contribution in [0, 0.1) is 24.2 Å². The van der Waals surface area contributed by atoms with Crippen LogP contribution in [0.15, 0.2) is 59.0 Å². The molecule has 38 heavy (non-hydrogen) atoms. The SMILES string of the molecule is CCOC(=O)C1CCCN(c2nc3c(C)cccn3c(=O)c2/C=C(\C#N)C(=O)NCCc2ccccc2)C1. The Hall–Kier alpha value is -4.45. The molecule has 1 N–H and O–H groups in total. The number of hydrogen-bond donors (Lipinski definition) is 1. The number of aromatic nitrogens is 2. The highest BCUT2D eigenvalue weighted by atomic mass is 16.5. The van der Waals surface area contributed by atoms with Crippen LogP contribution in [0.1, 0.15) is 36.5 Å². The standard InChI is InChI=1S/C29H31N5O4/c1-3-38-29(37)22-12-8-15-33(19-22)26-24(28(36)34-16-7-9-20(2)25(34)32-26)17-23(18-30)27(35)31-14-13-21-10-5-4-6-11-21/h4-7,9-11,16-17,22H,3,8,12-15,19H2,1-2H3,(H,31,35)/b23-17+. The van der Waals surface area contributed by atoms with Crippen molar-refractivity contribution in [3.63, 3.8) is 0 Å². The topological polar surface area (TPSA) is 117 Å². The maximum absolute atomic E-state index is 13.7. The van der Waals surface area contributed by atoms with Gasteiger partial charge in [-0.1, -0.05) is 36.4 Å². The zero-order chi connectivity index (χ0) is 27.1. The number of nitrogens with one attached hydrogen (secondary N) is 1. The van der Waals surface area contributed by atoms with Crippen LogP contribution in [-0.4, -0.2) is 47.5 Å². The predicted octanol–water partition coefficient (Wildman–Crippen LogP) is 3.05. The molecule has 0 saturated carbocycles. The lowest BCUT2D eigenvalue weighted by Gasteiger charge is -2.33. The summed E-state index contributed by atoms with van der Waals surface area (Å²) < 4.78 is 6.65. The van der Waals surface area contributed by atoms with Gasteiger partial charge in [-0.25, -0.2) is 4.98 Å². The van der Waals surface area contributed by atoms with Crippen molar-refractivity contribution < 1.29 is 14.3 Å². The maximum Gasteiger partial charge on any atom is 0.310 e. The Balaban J connectivity index is 1.69. The second-order valence-corrected chi connectivity index (χ2v) is 9.24. The van der Waals surface area contributed by atoms with Crippen molar-refractivity contribution in [2.24, 2.45) is 5.92 Å². The van der Waals surface area contributed by atoms with E-state index < -0.39 is 11.5 Å². The minimum absolute atomic E-state index is 0.132. The van der Waals surface area contributed by atoms with Gasteiger partial charge in [0.1, 0.15) is 23.1 Å². The third kappa shape index (κ3) is 5.92. The van der Waals surface area contributed by atoms with Gasteiger partial charge in [0.15, 0.2) is 0 Å². The van der Waals surface area contributed by atoms with Gasteiger partial charge in [0.2, 0.25) is 0 Å². The van der Waals surface area contributed by atoms with E-state index in [2.05, 4.69) is 5.32 Å². The van der Waals surface area contributed by atoms with Crippen molar-refractivity contribution in [2.75, 3.05) is 31.1 Å². The molecule has 3 heterocycles. The zero-order valence-electron chi connectivity index (χ0n) is 21.6. The normalized spacial score (nSPS) is 15.7. The van der Waals surface area contributed by atoms with Crippen molar-refractivity contribution in [1.29, 1.82) is 5.26 Å². The second kappa shape index (κ2) is 12.2. The molecule has 3 aromatic rings. The molecular weight excluding hydrogens is 482 g/mol. The lowest BCUT2D eigenvalue weighted by molar-refractivity contribution is -0.148. The molecule has 1 fully saturated rings. The number of fused-ring (bicyclic) bond motifs is 1. The summed E-state index contributed by atoms with van der Waals surface area (Å²) in [5.41, 5.74) is 1.90. The number of hydrogen-bond acceptors (Lipinski definition) is 7. The third-order valence-corrected chi connectivity index (χ3v) is 6.60. The summed E-state index contributed by atoms with van der Waals surface area (Å²) in [6.45, 7) is 5.18. The predicted molar refractivity (Wildman–Crippen MR) is 145 cm³/mol. The van der Waals surface area contributed by atoms with Crippen molar-refractivity contribution in [1.82, 2.24) is 14.7 Å². The van der Waals surface area contributed by atoms with Crippen molar-refractivity contribution in [3.8, 4) is 6.07 Å². The number of nitriles is 1. The van der Waals surface area contributed by atoms with E-state index in [9.17, 15) is 19.6 Å². The molecule has 196 valence electrons. The van der Waals surface area contributed by atoms with Crippen LogP contribution in [0.25, 0.3) is 11.7 Å². The van der Waals surface area contributed by atoms with E-state index in [0.29, 0.717) is 57.0 Å². The number of pyridine rings is 1. The van der Waals surface area contributed by atoms with Gasteiger partial charge in [0.05, 0.1) is 18.1 Å². The molecule has 1 unspecified atom stereocenters. The second-order valence-electron chi connectivity index (χ2n) is 9.24. The van der Waals surface area contributed by atoms with E-state index >= 15 is 0 Å². The summed E-state index contributed by atoms with van der Waals surface area (Å²) in [5.74, 6) is -0.845. The molecular formula is C29H31N5O4. The molecule has 1 atom stereocenters. The van der Waals surface area contributed by atoms with Crippen LogP contribution in [0.2, 0.25) is 0 Å². The molecule has 0 aliphatic carbocycles. The minimum Gasteiger partial charge on any atom is -0.466 e. The molecule has 1 saturated heterocycles. The number of piperidine rings is 1. The largest absolute Gasteiger partial charge is 0.466 e. The van der Waals surface area contributed by atoms with Crippen molar-refractivity contribution >= 4 is 29.4 Å². The Kier molecular flexibility index (Phi) is 8.54. The van der Waals surface area contributed by atoms with Crippen LogP contribution in [0.4, 0.5) is 5.82 Å².